The largest absolute Gasteiger partial charge is 0.480 e. The van der Waals surface area contributed by atoms with Crippen LogP contribution in [0.5, 0.6) is 0 Å². The molecule has 8 nitrogen and oxygen atoms in total. The first-order valence-electron chi connectivity index (χ1n) is 6.32. The van der Waals surface area contributed by atoms with Gasteiger partial charge >= 0.3 is 12.0 Å². The summed E-state index contributed by atoms with van der Waals surface area (Å²) in [6.45, 7) is 2.15. The highest BCUT2D eigenvalue weighted by Gasteiger charge is 2.18. The first kappa shape index (κ1) is 16.6. The number of primary amides is 1. The van der Waals surface area contributed by atoms with Gasteiger partial charge in [0.2, 0.25) is 5.91 Å². The Bertz CT molecular complexity index is 344. The minimum absolute atomic E-state index is 0.404. The highest BCUT2D eigenvalue weighted by molar-refractivity contribution is 7.99. The zero-order valence-corrected chi connectivity index (χ0v) is 12.0. The number of aliphatic carboxylic acids is 1. The fraction of sp³-hybridized carbons (Fsp3) is 0.727. The van der Waals surface area contributed by atoms with E-state index in [0.717, 1.165) is 29.5 Å². The van der Waals surface area contributed by atoms with Crippen molar-refractivity contribution < 1.29 is 19.5 Å². The molecule has 0 atom stereocenters. The molecule has 1 heterocycles. The van der Waals surface area contributed by atoms with Crippen molar-refractivity contribution in [3.8, 4) is 0 Å². The average molecular weight is 304 g/mol. The van der Waals surface area contributed by atoms with E-state index >= 15 is 0 Å². The Kier molecular flexibility index (Phi) is 7.16. The number of hydrogen-bond donors (Lipinski definition) is 3. The third-order valence-electron chi connectivity index (χ3n) is 2.77. The van der Waals surface area contributed by atoms with Crippen LogP contribution in [0.2, 0.25) is 0 Å². The molecule has 0 spiro atoms. The summed E-state index contributed by atoms with van der Waals surface area (Å²) in [6.07, 6.45) is 0. The van der Waals surface area contributed by atoms with Gasteiger partial charge < -0.3 is 21.1 Å². The second kappa shape index (κ2) is 8.64. The summed E-state index contributed by atoms with van der Waals surface area (Å²) in [5, 5.41) is 11.3. The summed E-state index contributed by atoms with van der Waals surface area (Å²) in [4.78, 5) is 36.3. The smallest absolute Gasteiger partial charge is 0.323 e. The number of carboxylic acid groups (broad SMARTS) is 1. The van der Waals surface area contributed by atoms with Crippen LogP contribution in [0.1, 0.15) is 0 Å². The number of nitrogens with zero attached hydrogens (tertiary/aromatic N) is 2. The van der Waals surface area contributed by atoms with Crippen LogP contribution < -0.4 is 11.1 Å². The molecule has 9 heteroatoms. The Balaban J connectivity index is 2.32. The Morgan fingerprint density at radius 3 is 2.45 bits per heavy atom. The molecule has 0 saturated carbocycles. The maximum atomic E-state index is 11.8. The summed E-state index contributed by atoms with van der Waals surface area (Å²) >= 11 is 1.90. The van der Waals surface area contributed by atoms with Crippen LogP contribution in [-0.2, 0) is 9.59 Å². The minimum atomic E-state index is -1.19. The monoisotopic (exact) mass is 304 g/mol. The lowest BCUT2D eigenvalue weighted by molar-refractivity contribution is -0.137. The van der Waals surface area contributed by atoms with Gasteiger partial charge in [-0.05, 0) is 0 Å². The molecule has 1 aliphatic heterocycles. The Hall–Kier alpha value is -1.48. The molecular formula is C11H20N4O4S. The third kappa shape index (κ3) is 6.62. The van der Waals surface area contributed by atoms with Gasteiger partial charge in [-0.3, -0.25) is 14.5 Å². The number of nitrogens with two attached hydrogens (primary N) is 1. The van der Waals surface area contributed by atoms with E-state index in [4.69, 9.17) is 10.8 Å². The van der Waals surface area contributed by atoms with Crippen molar-refractivity contribution in [2.45, 2.75) is 0 Å². The minimum Gasteiger partial charge on any atom is -0.480 e. The molecule has 1 rings (SSSR count). The van der Waals surface area contributed by atoms with E-state index in [9.17, 15) is 14.4 Å². The SMILES string of the molecule is NC(=O)CN(CC(=O)O)C(=O)NCCN1CCSCC1. The molecule has 20 heavy (non-hydrogen) atoms. The van der Waals surface area contributed by atoms with Crippen LogP contribution >= 0.6 is 11.8 Å². The summed E-state index contributed by atoms with van der Waals surface area (Å²) in [5.74, 6) is 0.241. The van der Waals surface area contributed by atoms with Crippen molar-refractivity contribution in [2.24, 2.45) is 5.73 Å². The first-order chi connectivity index (χ1) is 9.49. The molecule has 4 N–H and O–H groups in total. The van der Waals surface area contributed by atoms with Gasteiger partial charge in [0.05, 0.1) is 0 Å². The van der Waals surface area contributed by atoms with Crippen LogP contribution in [0.25, 0.3) is 0 Å². The fourth-order valence-electron chi connectivity index (χ4n) is 1.81. The number of carboxylic acids is 1. The Morgan fingerprint density at radius 1 is 1.25 bits per heavy atom. The molecule has 0 bridgehead atoms. The lowest BCUT2D eigenvalue weighted by Crippen LogP contribution is -2.48. The second-order valence-corrected chi connectivity index (χ2v) is 5.63. The van der Waals surface area contributed by atoms with Gasteiger partial charge in [0.1, 0.15) is 13.1 Å². The van der Waals surface area contributed by atoms with Gasteiger partial charge in [-0.2, -0.15) is 11.8 Å². The van der Waals surface area contributed by atoms with E-state index < -0.39 is 31.0 Å². The molecule has 1 fully saturated rings. The number of nitrogens with one attached hydrogen (secondary N) is 1. The molecular weight excluding hydrogens is 284 g/mol. The van der Waals surface area contributed by atoms with Gasteiger partial charge in [-0.1, -0.05) is 0 Å². The highest BCUT2D eigenvalue weighted by atomic mass is 32.2. The maximum Gasteiger partial charge on any atom is 0.323 e. The van der Waals surface area contributed by atoms with E-state index in [1.54, 1.807) is 0 Å². The number of rotatable bonds is 7. The number of urea groups is 1. The van der Waals surface area contributed by atoms with Crippen molar-refractivity contribution in [3.05, 3.63) is 0 Å². The van der Waals surface area contributed by atoms with Crippen LogP contribution in [0.15, 0.2) is 0 Å². The number of carbonyl (C=O) groups excluding carboxylic acids is 2. The van der Waals surface area contributed by atoms with Gasteiger partial charge in [0, 0.05) is 37.7 Å². The molecule has 114 valence electrons. The summed E-state index contributed by atoms with van der Waals surface area (Å²) < 4.78 is 0. The zero-order valence-electron chi connectivity index (χ0n) is 11.2. The standard InChI is InChI=1S/C11H20N4O4S/c12-9(16)7-15(8-10(17)18)11(19)13-1-2-14-3-5-20-6-4-14/h1-8H2,(H2,12,16)(H,13,19)(H,17,18). The quantitative estimate of drug-likeness (QED) is 0.534. The normalized spacial score (nSPS) is 15.6. The predicted molar refractivity (Wildman–Crippen MR) is 75.6 cm³/mol. The van der Waals surface area contributed by atoms with Crippen LogP contribution in [0, 0.1) is 0 Å². The van der Waals surface area contributed by atoms with Gasteiger partial charge in [-0.15, -0.1) is 0 Å². The molecule has 0 aliphatic carbocycles. The van der Waals surface area contributed by atoms with E-state index in [1.165, 1.54) is 0 Å². The first-order valence-corrected chi connectivity index (χ1v) is 7.47. The van der Waals surface area contributed by atoms with Gasteiger partial charge in [-0.25, -0.2) is 4.79 Å². The van der Waals surface area contributed by atoms with Crippen molar-refractivity contribution in [1.82, 2.24) is 15.1 Å². The predicted octanol–water partition coefficient (Wildman–Crippen LogP) is -1.38. The highest BCUT2D eigenvalue weighted by Crippen LogP contribution is 2.07. The fourth-order valence-corrected chi connectivity index (χ4v) is 2.79. The van der Waals surface area contributed by atoms with Gasteiger partial charge in [0.15, 0.2) is 0 Å². The molecule has 1 aliphatic rings. The number of hydrogen-bond acceptors (Lipinski definition) is 5. The van der Waals surface area contributed by atoms with E-state index in [1.807, 2.05) is 11.8 Å². The topological polar surface area (TPSA) is 116 Å². The van der Waals surface area contributed by atoms with Crippen LogP contribution in [0.3, 0.4) is 0 Å². The Labute approximate surface area is 121 Å². The van der Waals surface area contributed by atoms with Crippen molar-refractivity contribution in [3.63, 3.8) is 0 Å². The molecule has 0 unspecified atom stereocenters. The summed E-state index contributed by atoms with van der Waals surface area (Å²) in [6, 6.07) is -0.586. The van der Waals surface area contributed by atoms with Crippen molar-refractivity contribution in [2.75, 3.05) is 50.8 Å². The average Bonchev–Trinajstić information content (AvgIpc) is 2.38. The number of thioether (sulfide) groups is 1. The van der Waals surface area contributed by atoms with Crippen molar-refractivity contribution >= 4 is 29.7 Å². The van der Waals surface area contributed by atoms with E-state index in [2.05, 4.69) is 10.2 Å². The summed E-state index contributed by atoms with van der Waals surface area (Å²) in [5.41, 5.74) is 4.99. The number of amides is 3. The summed E-state index contributed by atoms with van der Waals surface area (Å²) in [7, 11) is 0. The molecule has 0 aromatic heterocycles. The van der Waals surface area contributed by atoms with Crippen molar-refractivity contribution in [1.29, 1.82) is 0 Å². The second-order valence-electron chi connectivity index (χ2n) is 4.40. The zero-order chi connectivity index (χ0) is 15.0. The Morgan fingerprint density at radius 2 is 1.90 bits per heavy atom. The lowest BCUT2D eigenvalue weighted by Gasteiger charge is -2.26. The molecule has 0 aromatic rings. The molecule has 0 aromatic carbocycles. The number of carbonyl (C=O) groups is 3. The van der Waals surface area contributed by atoms with Crippen LogP contribution in [0.4, 0.5) is 4.79 Å². The molecule has 1 saturated heterocycles. The third-order valence-corrected chi connectivity index (χ3v) is 3.71. The van der Waals surface area contributed by atoms with Gasteiger partial charge in [0.25, 0.3) is 0 Å². The maximum absolute atomic E-state index is 11.8. The van der Waals surface area contributed by atoms with E-state index in [-0.39, 0.29) is 0 Å². The molecule has 3 amide bonds. The molecule has 0 radical (unpaired) electrons. The lowest BCUT2D eigenvalue weighted by atomic mass is 10.4. The van der Waals surface area contributed by atoms with Crippen LogP contribution in [-0.4, -0.2) is 83.6 Å². The van der Waals surface area contributed by atoms with E-state index in [0.29, 0.717) is 13.1 Å².